The number of nitrogens with zero attached hydrogens (tertiary/aromatic N) is 1. The van der Waals surface area contributed by atoms with Gasteiger partial charge in [0.1, 0.15) is 11.9 Å². The molecule has 2 aromatic rings. The molecule has 5 nitrogen and oxygen atoms in total. The van der Waals surface area contributed by atoms with Crippen molar-refractivity contribution in [1.82, 2.24) is 10.6 Å². The van der Waals surface area contributed by atoms with Crippen LogP contribution in [0.2, 0.25) is 0 Å². The van der Waals surface area contributed by atoms with Crippen molar-refractivity contribution in [3.63, 3.8) is 0 Å². The number of rotatable bonds is 7. The first-order chi connectivity index (χ1) is 16.7. The van der Waals surface area contributed by atoms with Gasteiger partial charge in [0.25, 0.3) is 0 Å². The number of nitrogens with one attached hydrogen (secondary N) is 2. The first-order valence-electron chi connectivity index (χ1n) is 12.9. The van der Waals surface area contributed by atoms with Crippen molar-refractivity contribution in [3.8, 4) is 5.75 Å². The van der Waals surface area contributed by atoms with Gasteiger partial charge in [-0.1, -0.05) is 62.4 Å². The fraction of sp³-hybridized carbons (Fsp3) is 0.448. The van der Waals surface area contributed by atoms with Crippen LogP contribution in [-0.2, 0) is 17.6 Å². The fourth-order valence-corrected chi connectivity index (χ4v) is 5.58. The van der Waals surface area contributed by atoms with Crippen molar-refractivity contribution < 1.29 is 9.90 Å². The Kier molecular flexibility index (Phi) is 6.98. The third-order valence-corrected chi connectivity index (χ3v) is 7.50. The molecule has 5 rings (SSSR count). The van der Waals surface area contributed by atoms with Crippen LogP contribution in [0.5, 0.6) is 5.75 Å². The topological polar surface area (TPSA) is 73.7 Å². The normalized spacial score (nSPS) is 20.1. The summed E-state index contributed by atoms with van der Waals surface area (Å²) < 4.78 is 0. The van der Waals surface area contributed by atoms with Crippen LogP contribution >= 0.6 is 0 Å². The SMILES string of the molecule is O=C(CCc1ccccc1)NC1NC2=C(N=C1CCC1CCCCC1)c1ccc(O)cc1CC2. The van der Waals surface area contributed by atoms with Crippen molar-refractivity contribution >= 4 is 17.3 Å². The van der Waals surface area contributed by atoms with E-state index >= 15 is 0 Å². The van der Waals surface area contributed by atoms with E-state index in [4.69, 9.17) is 4.99 Å². The van der Waals surface area contributed by atoms with Gasteiger partial charge < -0.3 is 15.7 Å². The molecule has 3 N–H and O–H groups in total. The van der Waals surface area contributed by atoms with Crippen LogP contribution in [0.25, 0.3) is 5.70 Å². The second-order valence-corrected chi connectivity index (χ2v) is 9.94. The molecule has 1 amide bonds. The lowest BCUT2D eigenvalue weighted by Crippen LogP contribution is -2.52. The molecule has 2 aliphatic carbocycles. The minimum atomic E-state index is -0.246. The summed E-state index contributed by atoms with van der Waals surface area (Å²) in [7, 11) is 0. The van der Waals surface area contributed by atoms with Crippen LogP contribution in [0.4, 0.5) is 0 Å². The van der Waals surface area contributed by atoms with Crippen molar-refractivity contribution in [3.05, 3.63) is 70.9 Å². The Hall–Kier alpha value is -3.08. The molecule has 0 aromatic heterocycles. The molecule has 2 aromatic carbocycles. The summed E-state index contributed by atoms with van der Waals surface area (Å²) in [4.78, 5) is 18.0. The van der Waals surface area contributed by atoms with Gasteiger partial charge in [0, 0.05) is 17.7 Å². The molecule has 1 atom stereocenters. The van der Waals surface area contributed by atoms with Gasteiger partial charge >= 0.3 is 0 Å². The fourth-order valence-electron chi connectivity index (χ4n) is 5.58. The van der Waals surface area contributed by atoms with E-state index in [-0.39, 0.29) is 12.1 Å². The monoisotopic (exact) mass is 457 g/mol. The van der Waals surface area contributed by atoms with Crippen LogP contribution in [0.15, 0.2) is 59.2 Å². The van der Waals surface area contributed by atoms with Crippen LogP contribution in [-0.4, -0.2) is 22.9 Å². The lowest BCUT2D eigenvalue weighted by molar-refractivity contribution is -0.121. The number of phenols is 1. The van der Waals surface area contributed by atoms with Gasteiger partial charge in [0.2, 0.25) is 5.91 Å². The molecule has 0 bridgehead atoms. The molecule has 1 saturated carbocycles. The third-order valence-electron chi connectivity index (χ3n) is 7.50. The number of phenolic OH excluding ortho intramolecular Hbond substituents is 1. The van der Waals surface area contributed by atoms with E-state index in [0.717, 1.165) is 66.3 Å². The van der Waals surface area contributed by atoms with Gasteiger partial charge in [-0.25, -0.2) is 0 Å². The maximum Gasteiger partial charge on any atom is 0.222 e. The van der Waals surface area contributed by atoms with Gasteiger partial charge in [0.05, 0.1) is 11.4 Å². The van der Waals surface area contributed by atoms with Gasteiger partial charge in [-0.3, -0.25) is 9.79 Å². The summed E-state index contributed by atoms with van der Waals surface area (Å²) in [6.45, 7) is 0. The Morgan fingerprint density at radius 3 is 2.68 bits per heavy atom. The number of hydrogen-bond acceptors (Lipinski definition) is 4. The summed E-state index contributed by atoms with van der Waals surface area (Å²) >= 11 is 0. The van der Waals surface area contributed by atoms with E-state index in [1.807, 2.05) is 30.3 Å². The molecule has 1 unspecified atom stereocenters. The quantitative estimate of drug-likeness (QED) is 0.515. The molecule has 1 aliphatic heterocycles. The standard InChI is InChI=1S/C29H35N3O2/c33-23-14-15-24-22(19-23)13-17-25-28(24)30-26(16-11-20-7-3-1-4-8-20)29(31-25)32-27(34)18-12-21-9-5-2-6-10-21/h2,5-6,9-10,14-15,19-20,29,31,33H,1,3-4,7-8,11-13,16-18H2,(H,32,34). The Labute approximate surface area is 202 Å². The molecule has 1 heterocycles. The summed E-state index contributed by atoms with van der Waals surface area (Å²) in [6, 6.07) is 15.7. The van der Waals surface area contributed by atoms with Crippen molar-refractivity contribution in [1.29, 1.82) is 0 Å². The molecule has 5 heteroatoms. The number of carbonyl (C=O) groups is 1. The van der Waals surface area contributed by atoms with E-state index < -0.39 is 0 Å². The van der Waals surface area contributed by atoms with Crippen LogP contribution in [0, 0.1) is 5.92 Å². The van der Waals surface area contributed by atoms with E-state index in [1.165, 1.54) is 37.7 Å². The highest BCUT2D eigenvalue weighted by Gasteiger charge is 2.30. The number of hydrogen-bond donors (Lipinski definition) is 3. The molecule has 0 spiro atoms. The van der Waals surface area contributed by atoms with Crippen LogP contribution in [0.3, 0.4) is 0 Å². The van der Waals surface area contributed by atoms with Gasteiger partial charge in [-0.15, -0.1) is 0 Å². The molecule has 0 radical (unpaired) electrons. The highest BCUT2D eigenvalue weighted by Crippen LogP contribution is 2.36. The Balaban J connectivity index is 1.32. The molecular weight excluding hydrogens is 422 g/mol. The van der Waals surface area contributed by atoms with Gasteiger partial charge in [0.15, 0.2) is 0 Å². The number of aryl methyl sites for hydroxylation is 2. The highest BCUT2D eigenvalue weighted by molar-refractivity contribution is 5.99. The molecule has 178 valence electrons. The number of allylic oxidation sites excluding steroid dienone is 1. The van der Waals surface area contributed by atoms with Crippen LogP contribution in [0.1, 0.15) is 74.5 Å². The summed E-state index contributed by atoms with van der Waals surface area (Å²) in [5.41, 5.74) is 6.51. The minimum absolute atomic E-state index is 0.0527. The zero-order chi connectivity index (χ0) is 23.3. The van der Waals surface area contributed by atoms with E-state index in [2.05, 4.69) is 22.8 Å². The Morgan fingerprint density at radius 2 is 1.85 bits per heavy atom. The smallest absolute Gasteiger partial charge is 0.222 e. The number of fused-ring (bicyclic) bond motifs is 2. The number of benzene rings is 2. The number of aliphatic imine (C=N–C) groups is 1. The molecule has 1 fully saturated rings. The number of amides is 1. The van der Waals surface area contributed by atoms with Crippen molar-refractivity contribution in [2.24, 2.45) is 10.9 Å². The predicted molar refractivity (Wildman–Crippen MR) is 136 cm³/mol. The van der Waals surface area contributed by atoms with Crippen molar-refractivity contribution in [2.75, 3.05) is 0 Å². The molecular formula is C29H35N3O2. The number of aromatic hydroxyl groups is 1. The third kappa shape index (κ3) is 5.35. The lowest BCUT2D eigenvalue weighted by Gasteiger charge is -2.33. The van der Waals surface area contributed by atoms with Crippen LogP contribution < -0.4 is 10.6 Å². The maximum atomic E-state index is 12.9. The molecule has 3 aliphatic rings. The summed E-state index contributed by atoms with van der Waals surface area (Å²) in [5.74, 6) is 1.12. The number of carbonyl (C=O) groups excluding carboxylic acids is 1. The zero-order valence-corrected chi connectivity index (χ0v) is 19.9. The van der Waals surface area contributed by atoms with E-state index in [0.29, 0.717) is 12.2 Å². The summed E-state index contributed by atoms with van der Waals surface area (Å²) in [6.07, 6.45) is 11.3. The van der Waals surface area contributed by atoms with Crippen molar-refractivity contribution in [2.45, 2.75) is 76.8 Å². The largest absolute Gasteiger partial charge is 0.508 e. The van der Waals surface area contributed by atoms with E-state index in [1.54, 1.807) is 6.07 Å². The first kappa shape index (κ1) is 22.7. The Morgan fingerprint density at radius 1 is 1.03 bits per heavy atom. The predicted octanol–water partition coefficient (Wildman–Crippen LogP) is 5.49. The second kappa shape index (κ2) is 10.5. The first-order valence-corrected chi connectivity index (χ1v) is 12.9. The highest BCUT2D eigenvalue weighted by atomic mass is 16.3. The molecule has 0 saturated heterocycles. The van der Waals surface area contributed by atoms with Gasteiger partial charge in [-0.2, -0.15) is 0 Å². The Bertz CT molecular complexity index is 1080. The average Bonchev–Trinajstić information content (AvgIpc) is 2.87. The summed E-state index contributed by atoms with van der Waals surface area (Å²) in [5, 5.41) is 16.8. The van der Waals surface area contributed by atoms with Gasteiger partial charge in [-0.05, 0) is 67.3 Å². The van der Waals surface area contributed by atoms with E-state index in [9.17, 15) is 9.90 Å². The maximum absolute atomic E-state index is 12.9. The average molecular weight is 458 g/mol. The molecule has 34 heavy (non-hydrogen) atoms. The second-order valence-electron chi connectivity index (χ2n) is 9.94. The lowest BCUT2D eigenvalue weighted by atomic mass is 9.85. The zero-order valence-electron chi connectivity index (χ0n) is 19.9. The minimum Gasteiger partial charge on any atom is -0.508 e.